The van der Waals surface area contributed by atoms with Crippen molar-refractivity contribution in [1.29, 1.82) is 0 Å². The zero-order valence-corrected chi connectivity index (χ0v) is 20.9. The van der Waals surface area contributed by atoms with Crippen LogP contribution in [0, 0.1) is 5.82 Å². The number of aromatic amines is 1. The zero-order chi connectivity index (χ0) is 26.9. The molecule has 0 aliphatic heterocycles. The summed E-state index contributed by atoms with van der Waals surface area (Å²) in [6.45, 7) is 0.474. The summed E-state index contributed by atoms with van der Waals surface area (Å²) in [5, 5.41) is 11.8. The van der Waals surface area contributed by atoms with Crippen molar-refractivity contribution in [2.45, 2.75) is 6.42 Å². The number of fused-ring (bicyclic) bond motifs is 1. The number of aliphatic carboxylic acids is 1. The lowest BCUT2D eigenvalue weighted by Crippen LogP contribution is -2.21. The van der Waals surface area contributed by atoms with Crippen molar-refractivity contribution in [3.8, 4) is 0 Å². The molecule has 0 unspecified atom stereocenters. The van der Waals surface area contributed by atoms with Gasteiger partial charge in [0, 0.05) is 42.7 Å². The van der Waals surface area contributed by atoms with Crippen LogP contribution < -0.4 is 11.1 Å². The van der Waals surface area contributed by atoms with Gasteiger partial charge in [0.05, 0.1) is 16.1 Å². The summed E-state index contributed by atoms with van der Waals surface area (Å²) >= 11 is 5.83. The number of anilines is 1. The highest BCUT2D eigenvalue weighted by Gasteiger charge is 2.04. The largest absolute Gasteiger partial charge is 0.478 e. The van der Waals surface area contributed by atoms with Gasteiger partial charge < -0.3 is 21.1 Å². The molecule has 4 aromatic rings. The average molecular weight is 531 g/mol. The first-order valence-electron chi connectivity index (χ1n) is 11.6. The van der Waals surface area contributed by atoms with Crippen LogP contribution in [-0.4, -0.2) is 39.8 Å². The van der Waals surface area contributed by atoms with E-state index in [0.29, 0.717) is 29.8 Å². The minimum absolute atomic E-state index is 0.0400. The van der Waals surface area contributed by atoms with Gasteiger partial charge in [-0.05, 0) is 53.6 Å². The summed E-state index contributed by atoms with van der Waals surface area (Å²) in [5.41, 5.74) is 10.5. The van der Waals surface area contributed by atoms with E-state index in [2.05, 4.69) is 25.3 Å². The maximum Gasteiger partial charge on any atom is 0.328 e. The third kappa shape index (κ3) is 7.37. The number of nitrogens with zero attached hydrogens (tertiary/aromatic N) is 3. The fourth-order valence-corrected chi connectivity index (χ4v) is 3.70. The van der Waals surface area contributed by atoms with Crippen LogP contribution in [0.4, 0.5) is 10.1 Å². The predicted molar refractivity (Wildman–Crippen MR) is 151 cm³/mol. The van der Waals surface area contributed by atoms with Crippen LogP contribution in [0.5, 0.6) is 0 Å². The quantitative estimate of drug-likeness (QED) is 0.128. The fourth-order valence-electron chi connectivity index (χ4n) is 3.52. The molecule has 0 atom stereocenters. The minimum atomic E-state index is -1.04. The van der Waals surface area contributed by atoms with Crippen molar-refractivity contribution in [3.63, 3.8) is 0 Å². The Morgan fingerprint density at radius 1 is 1.16 bits per heavy atom. The number of nitrogens with one attached hydrogen (secondary N) is 2. The van der Waals surface area contributed by atoms with E-state index in [1.807, 2.05) is 36.4 Å². The number of carbonyl (C=O) groups is 1. The first-order chi connectivity index (χ1) is 18.4. The van der Waals surface area contributed by atoms with Crippen LogP contribution in [0.3, 0.4) is 0 Å². The number of hydrogen-bond acceptors (Lipinski definition) is 4. The van der Waals surface area contributed by atoms with Crippen molar-refractivity contribution < 1.29 is 14.3 Å². The summed E-state index contributed by atoms with van der Waals surface area (Å²) in [5.74, 6) is -0.685. The third-order valence-corrected chi connectivity index (χ3v) is 5.61. The van der Waals surface area contributed by atoms with E-state index in [-0.39, 0.29) is 11.0 Å². The highest BCUT2D eigenvalue weighted by atomic mass is 35.5. The number of nitrogens with two attached hydrogens (primary N) is 1. The van der Waals surface area contributed by atoms with Crippen molar-refractivity contribution in [2.75, 3.05) is 11.9 Å². The smallest absolute Gasteiger partial charge is 0.328 e. The SMILES string of the molecule is NC(=N/C=C(\C=NCCc1nc2ccccc2[nH]1)c1cccc(/C=C/C(=O)O)c1)Nc1ccc(F)c(Cl)c1. The number of hydrogen-bond donors (Lipinski definition) is 4. The van der Waals surface area contributed by atoms with Gasteiger partial charge in [-0.3, -0.25) is 4.99 Å². The number of allylic oxidation sites excluding steroid dienone is 1. The van der Waals surface area contributed by atoms with Gasteiger partial charge in [-0.25, -0.2) is 19.2 Å². The molecule has 0 aliphatic carbocycles. The number of imidazole rings is 1. The first-order valence-corrected chi connectivity index (χ1v) is 12.0. The Balaban J connectivity index is 1.54. The van der Waals surface area contributed by atoms with Crippen LogP contribution in [0.2, 0.25) is 5.02 Å². The number of benzene rings is 3. The van der Waals surface area contributed by atoms with E-state index in [0.717, 1.165) is 28.5 Å². The number of rotatable bonds is 9. The normalized spacial score (nSPS) is 12.6. The molecule has 4 rings (SSSR count). The number of guanidine groups is 1. The second-order valence-corrected chi connectivity index (χ2v) is 8.54. The molecule has 8 nitrogen and oxygen atoms in total. The Labute approximate surface area is 223 Å². The van der Waals surface area contributed by atoms with Gasteiger partial charge in [-0.1, -0.05) is 41.9 Å². The summed E-state index contributed by atoms with van der Waals surface area (Å²) in [6, 6.07) is 19.2. The molecule has 0 amide bonds. The molecule has 5 N–H and O–H groups in total. The zero-order valence-electron chi connectivity index (χ0n) is 20.1. The van der Waals surface area contributed by atoms with E-state index < -0.39 is 11.8 Å². The van der Waals surface area contributed by atoms with Gasteiger partial charge in [0.1, 0.15) is 11.6 Å². The number of aliphatic imine (C=N–C) groups is 2. The van der Waals surface area contributed by atoms with Gasteiger partial charge in [0.2, 0.25) is 0 Å². The maximum atomic E-state index is 13.4. The second kappa shape index (κ2) is 12.5. The topological polar surface area (TPSA) is 129 Å². The third-order valence-electron chi connectivity index (χ3n) is 5.32. The molecule has 1 heterocycles. The Morgan fingerprint density at radius 3 is 2.79 bits per heavy atom. The van der Waals surface area contributed by atoms with E-state index in [1.54, 1.807) is 18.3 Å². The minimum Gasteiger partial charge on any atom is -0.478 e. The van der Waals surface area contributed by atoms with Crippen molar-refractivity contribution in [2.24, 2.45) is 15.7 Å². The summed E-state index contributed by atoms with van der Waals surface area (Å²) in [4.78, 5) is 27.6. The number of para-hydroxylation sites is 2. The van der Waals surface area contributed by atoms with E-state index >= 15 is 0 Å². The van der Waals surface area contributed by atoms with Gasteiger partial charge in [-0.2, -0.15) is 0 Å². The summed E-state index contributed by atoms with van der Waals surface area (Å²) < 4.78 is 13.4. The number of halogens is 2. The molecular formula is C28H24ClFN6O2. The van der Waals surface area contributed by atoms with Gasteiger partial charge in [0.15, 0.2) is 5.96 Å². The van der Waals surface area contributed by atoms with Crippen molar-refractivity contribution in [3.05, 3.63) is 107 Å². The molecule has 0 spiro atoms. The summed E-state index contributed by atoms with van der Waals surface area (Å²) in [7, 11) is 0. The fraction of sp³-hybridized carbons (Fsp3) is 0.0714. The highest BCUT2D eigenvalue weighted by Crippen LogP contribution is 2.20. The average Bonchev–Trinajstić information content (AvgIpc) is 3.32. The summed E-state index contributed by atoms with van der Waals surface area (Å²) in [6.07, 6.45) is 6.39. The maximum absolute atomic E-state index is 13.4. The molecule has 0 radical (unpaired) electrons. The molecule has 0 bridgehead atoms. The predicted octanol–water partition coefficient (Wildman–Crippen LogP) is 5.53. The van der Waals surface area contributed by atoms with Crippen LogP contribution >= 0.6 is 11.6 Å². The second-order valence-electron chi connectivity index (χ2n) is 8.14. The monoisotopic (exact) mass is 530 g/mol. The molecular weight excluding hydrogens is 507 g/mol. The molecule has 0 saturated carbocycles. The highest BCUT2D eigenvalue weighted by molar-refractivity contribution is 6.31. The standard InChI is InChI=1S/C28H24ClFN6O2/c29-22-15-21(9-10-23(22)30)34-28(31)33-17-20(19-5-3-4-18(14-19)8-11-27(37)38)16-32-13-12-26-35-24-6-1-2-7-25(24)36-26/h1-11,14-17H,12-13H2,(H,35,36)(H,37,38)(H3,31,33,34)/b11-8+,20-17+,32-16?. The van der Waals surface area contributed by atoms with E-state index in [9.17, 15) is 9.18 Å². The van der Waals surface area contributed by atoms with Gasteiger partial charge >= 0.3 is 5.97 Å². The molecule has 3 aromatic carbocycles. The first kappa shape index (κ1) is 26.3. The number of carboxylic acid groups (broad SMARTS) is 1. The Hall–Kier alpha value is -4.76. The Bertz CT molecular complexity index is 1540. The lowest BCUT2D eigenvalue weighted by Gasteiger charge is -2.06. The van der Waals surface area contributed by atoms with Crippen molar-refractivity contribution >= 4 is 58.1 Å². The Kier molecular flexibility index (Phi) is 8.63. The Morgan fingerprint density at radius 2 is 2.00 bits per heavy atom. The molecule has 0 fully saturated rings. The lowest BCUT2D eigenvalue weighted by molar-refractivity contribution is -0.131. The molecule has 0 saturated heterocycles. The molecule has 38 heavy (non-hydrogen) atoms. The van der Waals surface area contributed by atoms with Crippen molar-refractivity contribution in [1.82, 2.24) is 9.97 Å². The van der Waals surface area contributed by atoms with Crippen LogP contribution in [-0.2, 0) is 11.2 Å². The van der Waals surface area contributed by atoms with E-state index in [4.69, 9.17) is 22.4 Å². The van der Waals surface area contributed by atoms with Gasteiger partial charge in [-0.15, -0.1) is 0 Å². The van der Waals surface area contributed by atoms with Crippen LogP contribution in [0.15, 0.2) is 89.0 Å². The number of aromatic nitrogens is 2. The molecule has 192 valence electrons. The lowest BCUT2D eigenvalue weighted by atomic mass is 10.0. The number of H-pyrrole nitrogens is 1. The van der Waals surface area contributed by atoms with Crippen LogP contribution in [0.1, 0.15) is 17.0 Å². The number of carboxylic acids is 1. The van der Waals surface area contributed by atoms with Crippen LogP contribution in [0.25, 0.3) is 22.7 Å². The van der Waals surface area contributed by atoms with E-state index in [1.165, 1.54) is 30.5 Å². The molecule has 0 aliphatic rings. The van der Waals surface area contributed by atoms with Gasteiger partial charge in [0.25, 0.3) is 0 Å². The molecule has 1 aromatic heterocycles. The molecule has 10 heteroatoms.